The number of allylic oxidation sites excluding steroid dienone is 1. The largest absolute Gasteiger partial charge is 0.340 e. The molecule has 8 heteroatoms. The minimum atomic E-state index is -0.0511. The van der Waals surface area contributed by atoms with E-state index in [9.17, 15) is 4.79 Å². The molecule has 0 amide bonds. The second-order valence-corrected chi connectivity index (χ2v) is 11.1. The molecule has 0 saturated heterocycles. The van der Waals surface area contributed by atoms with Gasteiger partial charge in [-0.05, 0) is 71.3 Å². The number of thioether (sulfide) groups is 1. The molecule has 0 radical (unpaired) electrons. The number of aryl methyl sites for hydroxylation is 1. The van der Waals surface area contributed by atoms with Crippen molar-refractivity contribution in [1.29, 1.82) is 0 Å². The molecule has 0 spiro atoms. The molecule has 2 aromatic heterocycles. The molecule has 0 saturated carbocycles. The van der Waals surface area contributed by atoms with Crippen molar-refractivity contribution in [1.82, 2.24) is 19.6 Å². The Bertz CT molecular complexity index is 1880. The lowest BCUT2D eigenvalue weighted by molar-refractivity contribution is 0.104. The first-order valence-corrected chi connectivity index (χ1v) is 14.5. The Hall–Kier alpha value is -4.27. The van der Waals surface area contributed by atoms with Gasteiger partial charge in [-0.15, -0.1) is 5.10 Å². The lowest BCUT2D eigenvalue weighted by Gasteiger charge is -2.09. The molecular weight excluding hydrogens is 582 g/mol. The van der Waals surface area contributed by atoms with E-state index in [1.807, 2.05) is 79.7 Å². The zero-order chi connectivity index (χ0) is 27.5. The van der Waals surface area contributed by atoms with Crippen LogP contribution in [0.25, 0.3) is 22.6 Å². The zero-order valence-electron chi connectivity index (χ0n) is 21.6. The molecule has 2 heterocycles. The smallest absolute Gasteiger partial charge is 0.255 e. The van der Waals surface area contributed by atoms with Crippen LogP contribution in [-0.4, -0.2) is 25.4 Å². The molecular formula is C32H24BrN5OS. The van der Waals surface area contributed by atoms with Crippen LogP contribution < -0.4 is 5.32 Å². The summed E-state index contributed by atoms with van der Waals surface area (Å²) in [6.45, 7) is 1.93. The highest BCUT2D eigenvalue weighted by molar-refractivity contribution is 9.10. The summed E-state index contributed by atoms with van der Waals surface area (Å²) in [5.74, 6) is 1.97. The number of hydrogen-bond acceptors (Lipinski definition) is 6. The van der Waals surface area contributed by atoms with Crippen LogP contribution >= 0.6 is 27.7 Å². The summed E-state index contributed by atoms with van der Waals surface area (Å²) in [6.07, 6.45) is 3.47. The third-order valence-electron chi connectivity index (χ3n) is 6.38. The lowest BCUT2D eigenvalue weighted by atomic mass is 10.1. The first kappa shape index (κ1) is 26.0. The van der Waals surface area contributed by atoms with Crippen molar-refractivity contribution in [2.45, 2.75) is 17.8 Å². The average Bonchev–Trinajstić information content (AvgIpc) is 3.39. The summed E-state index contributed by atoms with van der Waals surface area (Å²) in [4.78, 5) is 22.0. The van der Waals surface area contributed by atoms with Gasteiger partial charge >= 0.3 is 0 Å². The fraction of sp³-hybridized carbons (Fsp3) is 0.0625. The van der Waals surface area contributed by atoms with E-state index in [-0.39, 0.29) is 5.78 Å². The van der Waals surface area contributed by atoms with Crippen molar-refractivity contribution >= 4 is 67.6 Å². The van der Waals surface area contributed by atoms with E-state index < -0.39 is 0 Å². The summed E-state index contributed by atoms with van der Waals surface area (Å²) in [7, 11) is 0. The Kier molecular flexibility index (Phi) is 7.44. The minimum absolute atomic E-state index is 0.0511. The van der Waals surface area contributed by atoms with Crippen LogP contribution in [0.1, 0.15) is 27.2 Å². The van der Waals surface area contributed by atoms with Crippen molar-refractivity contribution in [3.63, 3.8) is 0 Å². The maximum Gasteiger partial charge on any atom is 0.255 e. The second-order valence-electron chi connectivity index (χ2n) is 9.28. The quantitative estimate of drug-likeness (QED) is 0.107. The third kappa shape index (κ3) is 5.83. The molecule has 0 fully saturated rings. The number of benzene rings is 4. The number of anilines is 2. The van der Waals surface area contributed by atoms with Crippen molar-refractivity contribution in [3.05, 3.63) is 130 Å². The molecule has 0 atom stereocenters. The highest BCUT2D eigenvalue weighted by atomic mass is 79.9. The number of aromatic nitrogens is 4. The summed E-state index contributed by atoms with van der Waals surface area (Å²) in [5.41, 5.74) is 4.44. The monoisotopic (exact) mass is 605 g/mol. The van der Waals surface area contributed by atoms with Crippen molar-refractivity contribution < 1.29 is 4.79 Å². The van der Waals surface area contributed by atoms with Gasteiger partial charge in [-0.1, -0.05) is 88.4 Å². The SMILES string of the molecule is Cc1cc(Nc2ccc(C(=O)/C=C/c3ccc4ccccc4c3)cc2)n2nc(SCc3ccccc3Br)nc2n1. The van der Waals surface area contributed by atoms with Gasteiger partial charge in [0.2, 0.25) is 5.16 Å². The number of fused-ring (bicyclic) bond motifs is 2. The molecule has 6 aromatic rings. The number of carbonyl (C=O) groups is 1. The van der Waals surface area contributed by atoms with Crippen LogP contribution in [0, 0.1) is 6.92 Å². The summed E-state index contributed by atoms with van der Waals surface area (Å²) < 4.78 is 2.77. The minimum Gasteiger partial charge on any atom is -0.340 e. The van der Waals surface area contributed by atoms with E-state index in [0.29, 0.717) is 16.5 Å². The van der Waals surface area contributed by atoms with E-state index in [4.69, 9.17) is 0 Å². The summed E-state index contributed by atoms with van der Waals surface area (Å²) >= 11 is 5.16. The Labute approximate surface area is 244 Å². The zero-order valence-corrected chi connectivity index (χ0v) is 24.0. The van der Waals surface area contributed by atoms with Gasteiger partial charge < -0.3 is 5.32 Å². The highest BCUT2D eigenvalue weighted by Gasteiger charge is 2.12. The van der Waals surface area contributed by atoms with Crippen molar-refractivity contribution in [2.75, 3.05) is 5.32 Å². The highest BCUT2D eigenvalue weighted by Crippen LogP contribution is 2.26. The van der Waals surface area contributed by atoms with Gasteiger partial charge in [-0.25, -0.2) is 4.98 Å². The van der Waals surface area contributed by atoms with Crippen LogP contribution in [0.3, 0.4) is 0 Å². The number of halogens is 1. The van der Waals surface area contributed by atoms with Crippen LogP contribution in [0.4, 0.5) is 11.5 Å². The van der Waals surface area contributed by atoms with Gasteiger partial charge in [-0.3, -0.25) is 4.79 Å². The first-order chi connectivity index (χ1) is 19.5. The Morgan fingerprint density at radius 2 is 1.70 bits per heavy atom. The molecule has 6 nitrogen and oxygen atoms in total. The topological polar surface area (TPSA) is 72.2 Å². The summed E-state index contributed by atoms with van der Waals surface area (Å²) in [6, 6.07) is 31.8. The van der Waals surface area contributed by atoms with E-state index in [0.717, 1.165) is 38.4 Å². The van der Waals surface area contributed by atoms with Crippen LogP contribution in [0.2, 0.25) is 0 Å². The fourth-order valence-electron chi connectivity index (χ4n) is 4.32. The molecule has 0 aliphatic rings. The van der Waals surface area contributed by atoms with Gasteiger partial charge in [0.15, 0.2) is 5.78 Å². The number of nitrogens with one attached hydrogen (secondary N) is 1. The van der Waals surface area contributed by atoms with Gasteiger partial charge in [0, 0.05) is 33.2 Å². The van der Waals surface area contributed by atoms with E-state index >= 15 is 0 Å². The number of ketones is 1. The van der Waals surface area contributed by atoms with Crippen molar-refractivity contribution in [2.24, 2.45) is 0 Å². The third-order valence-corrected chi connectivity index (χ3v) is 8.04. The van der Waals surface area contributed by atoms with Gasteiger partial charge in [0.05, 0.1) is 0 Å². The number of hydrogen-bond donors (Lipinski definition) is 1. The van der Waals surface area contributed by atoms with Crippen LogP contribution in [-0.2, 0) is 5.75 Å². The number of nitrogens with zero attached hydrogens (tertiary/aromatic N) is 4. The summed E-state index contributed by atoms with van der Waals surface area (Å²) in [5, 5.41) is 11.1. The van der Waals surface area contributed by atoms with E-state index in [2.05, 4.69) is 66.6 Å². The first-order valence-electron chi connectivity index (χ1n) is 12.7. The Balaban J connectivity index is 1.16. The van der Waals surface area contributed by atoms with Gasteiger partial charge in [-0.2, -0.15) is 9.50 Å². The molecule has 0 aliphatic heterocycles. The predicted molar refractivity (Wildman–Crippen MR) is 166 cm³/mol. The Morgan fingerprint density at radius 1 is 0.925 bits per heavy atom. The number of carbonyl (C=O) groups excluding carboxylic acids is 1. The fourth-order valence-corrected chi connectivity index (χ4v) is 5.75. The standard InChI is InChI=1S/C32H24BrN5OS/c1-21-18-30(38-31(34-21)36-32(37-38)40-20-26-8-4-5-9-28(26)33)35-27-15-13-24(14-16-27)29(39)17-11-22-10-12-23-6-2-3-7-25(23)19-22/h2-19,35H,20H2,1H3/b17-11+. The second kappa shape index (κ2) is 11.5. The predicted octanol–water partition coefficient (Wildman–Crippen LogP) is 8.28. The van der Waals surface area contributed by atoms with Gasteiger partial charge in [0.25, 0.3) is 5.78 Å². The van der Waals surface area contributed by atoms with Gasteiger partial charge in [0.1, 0.15) is 5.82 Å². The molecule has 0 bridgehead atoms. The molecule has 40 heavy (non-hydrogen) atoms. The molecule has 0 unspecified atom stereocenters. The molecule has 6 rings (SSSR count). The average molecular weight is 607 g/mol. The maximum atomic E-state index is 12.8. The maximum absolute atomic E-state index is 12.8. The van der Waals surface area contributed by atoms with Crippen LogP contribution in [0.15, 0.2) is 113 Å². The Morgan fingerprint density at radius 3 is 2.52 bits per heavy atom. The van der Waals surface area contributed by atoms with Crippen molar-refractivity contribution in [3.8, 4) is 0 Å². The lowest BCUT2D eigenvalue weighted by Crippen LogP contribution is -2.03. The van der Waals surface area contributed by atoms with Crippen LogP contribution in [0.5, 0.6) is 0 Å². The molecule has 0 aliphatic carbocycles. The molecule has 196 valence electrons. The molecule has 4 aromatic carbocycles. The van der Waals surface area contributed by atoms with E-state index in [1.165, 1.54) is 10.9 Å². The normalized spacial score (nSPS) is 11.4. The van der Waals surface area contributed by atoms with E-state index in [1.54, 1.807) is 22.4 Å². The molecule has 1 N–H and O–H groups in total. The number of rotatable bonds is 8.